The molecule has 0 spiro atoms. The Bertz CT molecular complexity index is 566. The van der Waals surface area contributed by atoms with E-state index in [-0.39, 0.29) is 5.56 Å². The van der Waals surface area contributed by atoms with Crippen LogP contribution in [0.15, 0.2) is 47.8 Å². The van der Waals surface area contributed by atoms with Crippen LogP contribution in [0.3, 0.4) is 0 Å². The Morgan fingerprint density at radius 1 is 1.40 bits per heavy atom. The van der Waals surface area contributed by atoms with Gasteiger partial charge in [0.05, 0.1) is 0 Å². The molecule has 0 aliphatic rings. The van der Waals surface area contributed by atoms with Gasteiger partial charge < -0.3 is 4.57 Å². The number of fused-ring (bicyclic) bond motifs is 1. The summed E-state index contributed by atoms with van der Waals surface area (Å²) in [4.78, 5) is 12.1. The van der Waals surface area contributed by atoms with Crippen molar-refractivity contribution in [2.45, 2.75) is 13.5 Å². The van der Waals surface area contributed by atoms with E-state index in [2.05, 4.69) is 6.58 Å². The Kier molecular flexibility index (Phi) is 2.42. The van der Waals surface area contributed by atoms with Crippen molar-refractivity contribution < 1.29 is 0 Å². The van der Waals surface area contributed by atoms with Gasteiger partial charge in [-0.25, -0.2) is 0 Å². The number of hydrogen-bond donors (Lipinski definition) is 0. The fourth-order valence-corrected chi connectivity index (χ4v) is 1.78. The molecule has 0 aliphatic heterocycles. The fourth-order valence-electron chi connectivity index (χ4n) is 1.78. The molecule has 0 saturated heterocycles. The lowest BCUT2D eigenvalue weighted by Crippen LogP contribution is -2.21. The third-order valence-electron chi connectivity index (χ3n) is 2.54. The maximum Gasteiger partial charge on any atom is 0.258 e. The van der Waals surface area contributed by atoms with E-state index >= 15 is 0 Å². The first-order valence-corrected chi connectivity index (χ1v) is 4.94. The molecule has 0 amide bonds. The van der Waals surface area contributed by atoms with E-state index < -0.39 is 0 Å². The molecule has 2 nitrogen and oxygen atoms in total. The molecule has 0 unspecified atom stereocenters. The Hall–Kier alpha value is -1.83. The third-order valence-corrected chi connectivity index (χ3v) is 2.54. The third kappa shape index (κ3) is 1.59. The monoisotopic (exact) mass is 199 g/mol. The number of aryl methyl sites for hydroxylation is 1. The van der Waals surface area contributed by atoms with E-state index in [1.807, 2.05) is 37.3 Å². The van der Waals surface area contributed by atoms with E-state index in [4.69, 9.17) is 0 Å². The minimum atomic E-state index is 0.0606. The summed E-state index contributed by atoms with van der Waals surface area (Å²) >= 11 is 0. The summed E-state index contributed by atoms with van der Waals surface area (Å²) in [6.45, 7) is 6.17. The zero-order chi connectivity index (χ0) is 10.8. The molecule has 0 bridgehead atoms. The summed E-state index contributed by atoms with van der Waals surface area (Å²) < 4.78 is 1.73. The predicted octanol–water partition coefficient (Wildman–Crippen LogP) is 2.50. The Balaban J connectivity index is 2.84. The molecule has 1 heterocycles. The topological polar surface area (TPSA) is 22.0 Å². The van der Waals surface area contributed by atoms with Gasteiger partial charge in [0.15, 0.2) is 0 Å². The van der Waals surface area contributed by atoms with Crippen LogP contribution in [0.1, 0.15) is 5.69 Å². The molecule has 0 radical (unpaired) electrons. The van der Waals surface area contributed by atoms with Crippen molar-refractivity contribution >= 4 is 10.8 Å². The van der Waals surface area contributed by atoms with Crippen LogP contribution < -0.4 is 5.56 Å². The van der Waals surface area contributed by atoms with Gasteiger partial charge in [-0.1, -0.05) is 24.3 Å². The number of benzene rings is 1. The molecular formula is C13H13NO. The first kappa shape index (κ1) is 9.71. The quantitative estimate of drug-likeness (QED) is 0.681. The highest BCUT2D eigenvalue weighted by molar-refractivity contribution is 5.81. The van der Waals surface area contributed by atoms with E-state index in [0.717, 1.165) is 16.5 Å². The molecule has 76 valence electrons. The molecule has 0 fully saturated rings. The summed E-state index contributed by atoms with van der Waals surface area (Å²) in [6, 6.07) is 9.68. The number of allylic oxidation sites excluding steroid dienone is 1. The minimum absolute atomic E-state index is 0.0606. The van der Waals surface area contributed by atoms with Crippen LogP contribution >= 0.6 is 0 Å². The van der Waals surface area contributed by atoms with Gasteiger partial charge in [-0.05, 0) is 24.4 Å². The molecule has 0 aliphatic carbocycles. The highest BCUT2D eigenvalue weighted by Gasteiger charge is 2.03. The molecular weight excluding hydrogens is 186 g/mol. The molecule has 0 N–H and O–H groups in total. The average molecular weight is 199 g/mol. The highest BCUT2D eigenvalue weighted by atomic mass is 16.1. The van der Waals surface area contributed by atoms with Gasteiger partial charge in [0, 0.05) is 17.6 Å². The molecule has 2 aromatic rings. The van der Waals surface area contributed by atoms with Crippen molar-refractivity contribution in [3.63, 3.8) is 0 Å². The molecule has 2 heteroatoms. The van der Waals surface area contributed by atoms with Crippen molar-refractivity contribution in [1.82, 2.24) is 4.57 Å². The zero-order valence-corrected chi connectivity index (χ0v) is 8.73. The van der Waals surface area contributed by atoms with E-state index in [9.17, 15) is 4.79 Å². The Labute approximate surface area is 88.5 Å². The smallest absolute Gasteiger partial charge is 0.258 e. The van der Waals surface area contributed by atoms with Gasteiger partial charge in [0.2, 0.25) is 0 Å². The van der Waals surface area contributed by atoms with Crippen molar-refractivity contribution in [1.29, 1.82) is 0 Å². The lowest BCUT2D eigenvalue weighted by Gasteiger charge is -2.08. The summed E-state index contributed by atoms with van der Waals surface area (Å²) in [5, 5.41) is 1.77. The SMILES string of the molecule is C=CCn1c(C)cc2ccccc2c1=O. The number of hydrogen-bond acceptors (Lipinski definition) is 1. The second-order valence-corrected chi connectivity index (χ2v) is 3.58. The predicted molar refractivity (Wildman–Crippen MR) is 63.1 cm³/mol. The lowest BCUT2D eigenvalue weighted by molar-refractivity contribution is 0.757. The normalized spacial score (nSPS) is 10.5. The highest BCUT2D eigenvalue weighted by Crippen LogP contribution is 2.11. The first-order chi connectivity index (χ1) is 7.24. The fraction of sp³-hybridized carbons (Fsp3) is 0.154. The van der Waals surface area contributed by atoms with Gasteiger partial charge in [0.1, 0.15) is 0 Å². The number of aromatic nitrogens is 1. The van der Waals surface area contributed by atoms with Crippen LogP contribution in [0.25, 0.3) is 10.8 Å². The number of rotatable bonds is 2. The molecule has 1 aromatic carbocycles. The maximum atomic E-state index is 12.1. The summed E-state index contributed by atoms with van der Waals surface area (Å²) in [5.41, 5.74) is 1.03. The second kappa shape index (κ2) is 3.73. The Morgan fingerprint density at radius 3 is 2.87 bits per heavy atom. The van der Waals surface area contributed by atoms with Crippen LogP contribution in [-0.4, -0.2) is 4.57 Å². The van der Waals surface area contributed by atoms with Crippen LogP contribution in [0.2, 0.25) is 0 Å². The number of nitrogens with zero attached hydrogens (tertiary/aromatic N) is 1. The maximum absolute atomic E-state index is 12.1. The summed E-state index contributed by atoms with van der Waals surface area (Å²) in [7, 11) is 0. The van der Waals surface area contributed by atoms with Gasteiger partial charge in [0.25, 0.3) is 5.56 Å². The summed E-state index contributed by atoms with van der Waals surface area (Å²) in [5.74, 6) is 0. The zero-order valence-electron chi connectivity index (χ0n) is 8.73. The minimum Gasteiger partial charge on any atom is -0.309 e. The van der Waals surface area contributed by atoms with Crippen molar-refractivity contribution in [2.75, 3.05) is 0 Å². The van der Waals surface area contributed by atoms with Crippen LogP contribution in [0.5, 0.6) is 0 Å². The summed E-state index contributed by atoms with van der Waals surface area (Å²) in [6.07, 6.45) is 1.74. The molecule has 15 heavy (non-hydrogen) atoms. The van der Waals surface area contributed by atoms with Crippen LogP contribution in [-0.2, 0) is 6.54 Å². The van der Waals surface area contributed by atoms with Gasteiger partial charge >= 0.3 is 0 Å². The standard InChI is InChI=1S/C13H13NO/c1-3-8-14-10(2)9-11-6-4-5-7-12(11)13(14)15/h3-7,9H,1,8H2,2H3. The molecule has 0 saturated carbocycles. The van der Waals surface area contributed by atoms with Crippen molar-refractivity contribution in [2.24, 2.45) is 0 Å². The molecule has 2 rings (SSSR count). The van der Waals surface area contributed by atoms with Gasteiger partial charge in [-0.3, -0.25) is 4.79 Å². The van der Waals surface area contributed by atoms with Crippen LogP contribution in [0.4, 0.5) is 0 Å². The van der Waals surface area contributed by atoms with Crippen LogP contribution in [0, 0.1) is 6.92 Å². The van der Waals surface area contributed by atoms with Crippen molar-refractivity contribution in [3.8, 4) is 0 Å². The first-order valence-electron chi connectivity index (χ1n) is 4.94. The second-order valence-electron chi connectivity index (χ2n) is 3.58. The average Bonchev–Trinajstić information content (AvgIpc) is 2.24. The van der Waals surface area contributed by atoms with Gasteiger partial charge in [-0.2, -0.15) is 0 Å². The lowest BCUT2D eigenvalue weighted by atomic mass is 10.1. The van der Waals surface area contributed by atoms with E-state index in [1.54, 1.807) is 10.6 Å². The van der Waals surface area contributed by atoms with Gasteiger partial charge in [-0.15, -0.1) is 6.58 Å². The molecule has 1 aromatic heterocycles. The largest absolute Gasteiger partial charge is 0.309 e. The van der Waals surface area contributed by atoms with E-state index in [0.29, 0.717) is 6.54 Å². The number of pyridine rings is 1. The van der Waals surface area contributed by atoms with E-state index in [1.165, 1.54) is 0 Å². The van der Waals surface area contributed by atoms with Crippen molar-refractivity contribution in [3.05, 3.63) is 59.0 Å². The Morgan fingerprint density at radius 2 is 2.13 bits per heavy atom. The molecule has 0 atom stereocenters.